The van der Waals surface area contributed by atoms with Crippen LogP contribution in [-0.4, -0.2) is 42.2 Å². The van der Waals surface area contributed by atoms with Crippen LogP contribution >= 0.6 is 0 Å². The Morgan fingerprint density at radius 2 is 1.58 bits per heavy atom. The van der Waals surface area contributed by atoms with E-state index in [-0.39, 0.29) is 12.2 Å². The van der Waals surface area contributed by atoms with Gasteiger partial charge in [0.05, 0.1) is 12.1 Å². The summed E-state index contributed by atoms with van der Waals surface area (Å²) in [5.41, 5.74) is 2.66. The van der Waals surface area contributed by atoms with Gasteiger partial charge in [0.1, 0.15) is 5.82 Å². The fourth-order valence-electron chi connectivity index (χ4n) is 3.05. The first-order chi connectivity index (χ1) is 11.6. The largest absolute Gasteiger partial charge is 0.481 e. The monoisotopic (exact) mass is 328 g/mol. The van der Waals surface area contributed by atoms with Crippen molar-refractivity contribution < 1.29 is 14.3 Å². The molecule has 0 spiro atoms. The van der Waals surface area contributed by atoms with Crippen LogP contribution in [0.15, 0.2) is 48.5 Å². The van der Waals surface area contributed by atoms with Gasteiger partial charge in [0.25, 0.3) is 0 Å². The molecule has 1 saturated heterocycles. The van der Waals surface area contributed by atoms with Crippen LogP contribution in [0.4, 0.5) is 10.1 Å². The number of hydrogen-bond donors (Lipinski definition) is 1. The van der Waals surface area contributed by atoms with Crippen molar-refractivity contribution in [1.29, 1.82) is 0 Å². The number of aliphatic carboxylic acids is 1. The predicted molar refractivity (Wildman–Crippen MR) is 91.7 cm³/mol. The van der Waals surface area contributed by atoms with E-state index in [1.54, 1.807) is 6.07 Å². The smallest absolute Gasteiger partial charge is 0.307 e. The Hall–Kier alpha value is -2.40. The lowest BCUT2D eigenvalue weighted by molar-refractivity contribution is -0.136. The quantitative estimate of drug-likeness (QED) is 0.917. The molecule has 0 aromatic heterocycles. The number of nitrogens with zero attached hydrogens (tertiary/aromatic N) is 2. The summed E-state index contributed by atoms with van der Waals surface area (Å²) in [6.45, 7) is 4.20. The summed E-state index contributed by atoms with van der Waals surface area (Å²) in [6, 6.07) is 14.6. The summed E-state index contributed by atoms with van der Waals surface area (Å²) in [6.07, 6.45) is 0.0571. The van der Waals surface area contributed by atoms with Crippen LogP contribution in [0, 0.1) is 5.82 Å². The van der Waals surface area contributed by atoms with Crippen LogP contribution in [0.1, 0.15) is 11.1 Å². The lowest BCUT2D eigenvalue weighted by atomic mass is 10.1. The fraction of sp³-hybridized carbons (Fsp3) is 0.316. The molecule has 1 aliphatic rings. The molecule has 3 rings (SSSR count). The SMILES string of the molecule is O=C(O)Cc1ccc(CN2CCN(c3ccccc3F)CC2)cc1. The Morgan fingerprint density at radius 3 is 2.21 bits per heavy atom. The number of halogens is 1. The van der Waals surface area contributed by atoms with Crippen LogP contribution in [0.3, 0.4) is 0 Å². The van der Waals surface area contributed by atoms with Gasteiger partial charge in [-0.3, -0.25) is 9.69 Å². The third-order valence-electron chi connectivity index (χ3n) is 4.35. The molecule has 0 atom stereocenters. The van der Waals surface area contributed by atoms with Crippen LogP contribution in [-0.2, 0) is 17.8 Å². The number of rotatable bonds is 5. The Labute approximate surface area is 141 Å². The molecular weight excluding hydrogens is 307 g/mol. The molecule has 2 aromatic rings. The summed E-state index contributed by atoms with van der Waals surface area (Å²) in [5.74, 6) is -0.980. The lowest BCUT2D eigenvalue weighted by Gasteiger charge is -2.36. The minimum Gasteiger partial charge on any atom is -0.481 e. The Morgan fingerprint density at radius 1 is 0.958 bits per heavy atom. The van der Waals surface area contributed by atoms with E-state index in [0.29, 0.717) is 5.69 Å². The van der Waals surface area contributed by atoms with E-state index in [1.165, 1.54) is 11.6 Å². The summed E-state index contributed by atoms with van der Waals surface area (Å²) >= 11 is 0. The van der Waals surface area contributed by atoms with Crippen molar-refractivity contribution >= 4 is 11.7 Å². The Bertz CT molecular complexity index is 695. The predicted octanol–water partition coefficient (Wildman–Crippen LogP) is 2.78. The standard InChI is InChI=1S/C19H21FN2O2/c20-17-3-1-2-4-18(17)22-11-9-21(10-12-22)14-16-7-5-15(6-8-16)13-19(23)24/h1-8H,9-14H2,(H,23,24). The van der Waals surface area contributed by atoms with Gasteiger partial charge in [0.2, 0.25) is 0 Å². The van der Waals surface area contributed by atoms with Crippen molar-refractivity contribution in [2.75, 3.05) is 31.1 Å². The summed E-state index contributed by atoms with van der Waals surface area (Å²) in [4.78, 5) is 15.1. The van der Waals surface area contributed by atoms with Crippen molar-refractivity contribution in [3.63, 3.8) is 0 Å². The molecule has 1 heterocycles. The van der Waals surface area contributed by atoms with Crippen LogP contribution < -0.4 is 4.90 Å². The number of benzene rings is 2. The molecule has 0 unspecified atom stereocenters. The first-order valence-corrected chi connectivity index (χ1v) is 8.13. The highest BCUT2D eigenvalue weighted by Gasteiger charge is 2.19. The third-order valence-corrected chi connectivity index (χ3v) is 4.35. The topological polar surface area (TPSA) is 43.8 Å². The molecule has 5 heteroatoms. The number of para-hydroxylation sites is 1. The van der Waals surface area contributed by atoms with Gasteiger partial charge in [0, 0.05) is 32.7 Å². The van der Waals surface area contributed by atoms with E-state index < -0.39 is 5.97 Å². The van der Waals surface area contributed by atoms with Crippen molar-refractivity contribution in [3.05, 3.63) is 65.5 Å². The number of carbonyl (C=O) groups is 1. The van der Waals surface area contributed by atoms with Gasteiger partial charge in [0.15, 0.2) is 0 Å². The Balaban J connectivity index is 1.54. The first kappa shape index (κ1) is 16.5. The van der Waals surface area contributed by atoms with Crippen LogP contribution in [0.25, 0.3) is 0 Å². The number of carboxylic acid groups (broad SMARTS) is 1. The van der Waals surface area contributed by atoms with Gasteiger partial charge in [-0.05, 0) is 23.3 Å². The molecule has 1 fully saturated rings. The normalized spacial score (nSPS) is 15.5. The van der Waals surface area contributed by atoms with E-state index in [4.69, 9.17) is 5.11 Å². The molecule has 0 saturated carbocycles. The average molecular weight is 328 g/mol. The highest BCUT2D eigenvalue weighted by molar-refractivity contribution is 5.70. The van der Waals surface area contributed by atoms with E-state index in [0.717, 1.165) is 38.3 Å². The van der Waals surface area contributed by atoms with Gasteiger partial charge in [-0.2, -0.15) is 0 Å². The van der Waals surface area contributed by atoms with Crippen LogP contribution in [0.2, 0.25) is 0 Å². The maximum absolute atomic E-state index is 13.8. The molecule has 1 aliphatic heterocycles. The minimum atomic E-state index is -0.813. The van der Waals surface area contributed by atoms with Gasteiger partial charge in [-0.25, -0.2) is 4.39 Å². The molecule has 24 heavy (non-hydrogen) atoms. The van der Waals surface area contributed by atoms with Gasteiger partial charge in [-0.15, -0.1) is 0 Å². The maximum atomic E-state index is 13.8. The van der Waals surface area contributed by atoms with E-state index in [9.17, 15) is 9.18 Å². The van der Waals surface area contributed by atoms with Gasteiger partial charge in [-0.1, -0.05) is 36.4 Å². The molecule has 4 nitrogen and oxygen atoms in total. The molecule has 2 aromatic carbocycles. The molecule has 0 radical (unpaired) electrons. The highest BCUT2D eigenvalue weighted by Crippen LogP contribution is 2.20. The van der Waals surface area contributed by atoms with Crippen molar-refractivity contribution in [2.24, 2.45) is 0 Å². The summed E-state index contributed by atoms with van der Waals surface area (Å²) in [5, 5.41) is 8.80. The second-order valence-corrected chi connectivity index (χ2v) is 6.10. The first-order valence-electron chi connectivity index (χ1n) is 8.13. The summed E-state index contributed by atoms with van der Waals surface area (Å²) in [7, 11) is 0. The summed E-state index contributed by atoms with van der Waals surface area (Å²) < 4.78 is 13.8. The van der Waals surface area contributed by atoms with Crippen molar-refractivity contribution in [1.82, 2.24) is 4.90 Å². The van der Waals surface area contributed by atoms with Gasteiger partial charge < -0.3 is 10.0 Å². The minimum absolute atomic E-state index is 0.0571. The number of anilines is 1. The highest BCUT2D eigenvalue weighted by atomic mass is 19.1. The zero-order valence-electron chi connectivity index (χ0n) is 13.5. The number of carboxylic acids is 1. The van der Waals surface area contributed by atoms with E-state index >= 15 is 0 Å². The van der Waals surface area contributed by atoms with Crippen molar-refractivity contribution in [3.8, 4) is 0 Å². The molecule has 1 N–H and O–H groups in total. The molecule has 0 aliphatic carbocycles. The second-order valence-electron chi connectivity index (χ2n) is 6.10. The molecule has 0 amide bonds. The average Bonchev–Trinajstić information content (AvgIpc) is 2.58. The number of piperazine rings is 1. The third kappa shape index (κ3) is 4.11. The second kappa shape index (κ2) is 7.45. The number of hydrogen-bond acceptors (Lipinski definition) is 3. The zero-order valence-corrected chi connectivity index (χ0v) is 13.5. The van der Waals surface area contributed by atoms with Crippen molar-refractivity contribution in [2.45, 2.75) is 13.0 Å². The molecule has 0 bridgehead atoms. The van der Waals surface area contributed by atoms with Gasteiger partial charge >= 0.3 is 5.97 Å². The maximum Gasteiger partial charge on any atom is 0.307 e. The van der Waals surface area contributed by atoms with Crippen LogP contribution in [0.5, 0.6) is 0 Å². The van der Waals surface area contributed by atoms with E-state index in [1.807, 2.05) is 36.4 Å². The van der Waals surface area contributed by atoms with E-state index in [2.05, 4.69) is 9.80 Å². The zero-order chi connectivity index (χ0) is 16.9. The lowest BCUT2D eigenvalue weighted by Crippen LogP contribution is -2.46. The fourth-order valence-corrected chi connectivity index (χ4v) is 3.05. The molecular formula is C19H21FN2O2. The molecule has 126 valence electrons. The Kier molecular flexibility index (Phi) is 5.11.